The minimum atomic E-state index is 0.155. The number of fused-ring (bicyclic) bond motifs is 1. The summed E-state index contributed by atoms with van der Waals surface area (Å²) in [6.07, 6.45) is 6.88. The van der Waals surface area contributed by atoms with E-state index in [4.69, 9.17) is 0 Å². The van der Waals surface area contributed by atoms with E-state index in [2.05, 4.69) is 20.9 Å². The number of hydrogen-bond acceptors (Lipinski definition) is 2. The number of carbonyl (C=O) groups excluding carboxylic acids is 1. The van der Waals surface area contributed by atoms with Gasteiger partial charge >= 0.3 is 0 Å². The van der Waals surface area contributed by atoms with Crippen LogP contribution in [0.5, 0.6) is 0 Å². The molecule has 0 radical (unpaired) electrons. The predicted molar refractivity (Wildman–Crippen MR) is 85.0 cm³/mol. The highest BCUT2D eigenvalue weighted by Gasteiger charge is 2.24. The molecular weight excluding hydrogens is 314 g/mol. The van der Waals surface area contributed by atoms with Crippen molar-refractivity contribution in [3.8, 4) is 0 Å². The van der Waals surface area contributed by atoms with Gasteiger partial charge in [0.1, 0.15) is 5.69 Å². The summed E-state index contributed by atoms with van der Waals surface area (Å²) in [5.74, 6) is 0.368. The molecule has 0 amide bonds. The molecule has 2 aromatic rings. The van der Waals surface area contributed by atoms with Gasteiger partial charge in [0.2, 0.25) is 0 Å². The Bertz CT molecular complexity index is 630. The first-order valence-electron chi connectivity index (χ1n) is 7.35. The van der Waals surface area contributed by atoms with Gasteiger partial charge in [-0.1, -0.05) is 43.9 Å². The highest BCUT2D eigenvalue weighted by Crippen LogP contribution is 2.29. The van der Waals surface area contributed by atoms with Crippen LogP contribution in [0, 0.1) is 5.92 Å². The fraction of sp³-hybridized carbons (Fsp3) is 0.412. The number of nitrogens with zero attached hydrogens (tertiary/aromatic N) is 1. The summed E-state index contributed by atoms with van der Waals surface area (Å²) in [6, 6.07) is 9.94. The molecule has 0 bridgehead atoms. The predicted octanol–water partition coefficient (Wildman–Crippen LogP) is 5.15. The maximum absolute atomic E-state index is 12.7. The first-order valence-corrected chi connectivity index (χ1v) is 8.14. The van der Waals surface area contributed by atoms with Crippen LogP contribution in [0.4, 0.5) is 0 Å². The Hall–Kier alpha value is -1.22. The lowest BCUT2D eigenvalue weighted by Crippen LogP contribution is -2.16. The lowest BCUT2D eigenvalue weighted by Gasteiger charge is -2.13. The number of carbonyl (C=O) groups is 1. The van der Waals surface area contributed by atoms with Crippen LogP contribution in [0.25, 0.3) is 10.9 Å². The van der Waals surface area contributed by atoms with Crippen LogP contribution < -0.4 is 0 Å². The summed E-state index contributed by atoms with van der Waals surface area (Å²) in [7, 11) is 0. The standard InChI is InChI=1S/C17H18BrNO/c18-14-11-13-9-5-6-10-15(13)19-16(14)17(20)12-7-3-1-2-4-8-12/h5-6,9-12H,1-4,7-8H2. The molecule has 1 aromatic carbocycles. The van der Waals surface area contributed by atoms with E-state index in [1.54, 1.807) is 0 Å². The molecule has 0 atom stereocenters. The summed E-state index contributed by atoms with van der Waals surface area (Å²) in [5.41, 5.74) is 1.50. The summed E-state index contributed by atoms with van der Waals surface area (Å²) in [6.45, 7) is 0. The molecule has 1 aliphatic carbocycles. The van der Waals surface area contributed by atoms with Gasteiger partial charge < -0.3 is 0 Å². The second-order valence-corrected chi connectivity index (χ2v) is 6.42. The lowest BCUT2D eigenvalue weighted by atomic mass is 9.93. The third kappa shape index (κ3) is 2.78. The number of para-hydroxylation sites is 1. The third-order valence-electron chi connectivity index (χ3n) is 4.14. The molecular formula is C17H18BrNO. The van der Waals surface area contributed by atoms with Crippen LogP contribution in [0.2, 0.25) is 0 Å². The Morgan fingerprint density at radius 1 is 1.10 bits per heavy atom. The number of Topliss-reactive ketones (excluding diaryl/α,β-unsaturated/α-hetero) is 1. The van der Waals surface area contributed by atoms with Gasteiger partial charge in [-0.2, -0.15) is 0 Å². The molecule has 0 aliphatic heterocycles. The second-order valence-electron chi connectivity index (χ2n) is 5.56. The SMILES string of the molecule is O=C(c1nc2ccccc2cc1Br)C1CCCCCC1. The van der Waals surface area contributed by atoms with Gasteiger partial charge in [0.15, 0.2) is 5.78 Å². The van der Waals surface area contributed by atoms with Crippen molar-refractivity contribution in [1.29, 1.82) is 0 Å². The molecule has 1 aromatic heterocycles. The average molecular weight is 332 g/mol. The van der Waals surface area contributed by atoms with Crippen molar-refractivity contribution in [1.82, 2.24) is 4.98 Å². The molecule has 104 valence electrons. The number of ketones is 1. The zero-order valence-electron chi connectivity index (χ0n) is 11.4. The molecule has 0 N–H and O–H groups in total. The largest absolute Gasteiger partial charge is 0.292 e. The Kier molecular flexibility index (Phi) is 4.16. The zero-order chi connectivity index (χ0) is 13.9. The fourth-order valence-electron chi connectivity index (χ4n) is 3.00. The minimum Gasteiger partial charge on any atom is -0.292 e. The molecule has 1 aliphatic rings. The molecule has 1 fully saturated rings. The number of rotatable bonds is 2. The third-order valence-corrected chi connectivity index (χ3v) is 4.74. The highest BCUT2D eigenvalue weighted by molar-refractivity contribution is 9.10. The van der Waals surface area contributed by atoms with Crippen molar-refractivity contribution >= 4 is 32.6 Å². The van der Waals surface area contributed by atoms with E-state index in [0.29, 0.717) is 5.69 Å². The number of benzene rings is 1. The van der Waals surface area contributed by atoms with Crippen molar-refractivity contribution in [2.75, 3.05) is 0 Å². The monoisotopic (exact) mass is 331 g/mol. The fourth-order valence-corrected chi connectivity index (χ4v) is 3.53. The van der Waals surface area contributed by atoms with Crippen molar-refractivity contribution < 1.29 is 4.79 Å². The first-order chi connectivity index (χ1) is 9.75. The van der Waals surface area contributed by atoms with Gasteiger partial charge in [-0.05, 0) is 40.9 Å². The van der Waals surface area contributed by atoms with E-state index < -0.39 is 0 Å². The number of aromatic nitrogens is 1. The molecule has 2 nitrogen and oxygen atoms in total. The first kappa shape index (κ1) is 13.7. The maximum atomic E-state index is 12.7. The molecule has 1 heterocycles. The highest BCUT2D eigenvalue weighted by atomic mass is 79.9. The van der Waals surface area contributed by atoms with Gasteiger partial charge in [0.25, 0.3) is 0 Å². The van der Waals surface area contributed by atoms with E-state index in [1.807, 2.05) is 30.3 Å². The molecule has 3 heteroatoms. The zero-order valence-corrected chi connectivity index (χ0v) is 13.0. The summed E-state index contributed by atoms with van der Waals surface area (Å²) < 4.78 is 0.824. The van der Waals surface area contributed by atoms with Crippen LogP contribution in [0.3, 0.4) is 0 Å². The molecule has 0 unspecified atom stereocenters. The second kappa shape index (κ2) is 6.04. The van der Waals surface area contributed by atoms with Crippen LogP contribution in [-0.2, 0) is 0 Å². The van der Waals surface area contributed by atoms with Crippen molar-refractivity contribution in [2.24, 2.45) is 5.92 Å². The lowest BCUT2D eigenvalue weighted by molar-refractivity contribution is 0.0902. The normalized spacial score (nSPS) is 17.1. The maximum Gasteiger partial charge on any atom is 0.185 e. The van der Waals surface area contributed by atoms with Crippen molar-refractivity contribution in [2.45, 2.75) is 38.5 Å². The quantitative estimate of drug-likeness (QED) is 0.562. The molecule has 1 saturated carbocycles. The topological polar surface area (TPSA) is 30.0 Å². The molecule has 20 heavy (non-hydrogen) atoms. The number of halogens is 1. The molecule has 3 rings (SSSR count). The van der Waals surface area contributed by atoms with Gasteiger partial charge in [-0.25, -0.2) is 4.98 Å². The van der Waals surface area contributed by atoms with E-state index in [0.717, 1.165) is 28.2 Å². The van der Waals surface area contributed by atoms with Gasteiger partial charge in [-0.3, -0.25) is 4.79 Å². The summed E-state index contributed by atoms with van der Waals surface area (Å²) in [4.78, 5) is 17.3. The van der Waals surface area contributed by atoms with E-state index >= 15 is 0 Å². The Morgan fingerprint density at radius 2 is 1.80 bits per heavy atom. The van der Waals surface area contributed by atoms with Crippen molar-refractivity contribution in [3.05, 3.63) is 40.5 Å². The van der Waals surface area contributed by atoms with Gasteiger partial charge in [0, 0.05) is 15.8 Å². The van der Waals surface area contributed by atoms with Crippen LogP contribution in [0.15, 0.2) is 34.8 Å². The Balaban J connectivity index is 1.95. The van der Waals surface area contributed by atoms with Gasteiger partial charge in [0.05, 0.1) is 5.52 Å². The van der Waals surface area contributed by atoms with Crippen LogP contribution in [-0.4, -0.2) is 10.8 Å². The molecule has 0 saturated heterocycles. The van der Waals surface area contributed by atoms with E-state index in [9.17, 15) is 4.79 Å². The van der Waals surface area contributed by atoms with E-state index in [-0.39, 0.29) is 11.7 Å². The van der Waals surface area contributed by atoms with E-state index in [1.165, 1.54) is 25.7 Å². The Labute approximate surface area is 127 Å². The minimum absolute atomic E-state index is 0.155. The van der Waals surface area contributed by atoms with Gasteiger partial charge in [-0.15, -0.1) is 0 Å². The summed E-state index contributed by atoms with van der Waals surface area (Å²) >= 11 is 3.52. The van der Waals surface area contributed by atoms with Crippen LogP contribution in [0.1, 0.15) is 49.0 Å². The number of pyridine rings is 1. The Morgan fingerprint density at radius 3 is 2.55 bits per heavy atom. The number of hydrogen-bond donors (Lipinski definition) is 0. The molecule has 0 spiro atoms. The average Bonchev–Trinajstić information content (AvgIpc) is 2.75. The summed E-state index contributed by atoms with van der Waals surface area (Å²) in [5, 5.41) is 1.07. The van der Waals surface area contributed by atoms with Crippen molar-refractivity contribution in [3.63, 3.8) is 0 Å². The smallest absolute Gasteiger partial charge is 0.185 e. The van der Waals surface area contributed by atoms with Crippen LogP contribution >= 0.6 is 15.9 Å².